The number of morpholine rings is 1. The SMILES string of the molecule is CCC(CC)C(=O)N1CC(F)(F)C[C@H]1Cn1cc(C(=O)N2CCOCC2)nn1. The Bertz CT molecular complexity index is 701. The predicted octanol–water partition coefficient (Wildman–Crippen LogP) is 1.42. The van der Waals surface area contributed by atoms with E-state index in [1.807, 2.05) is 13.8 Å². The number of rotatable bonds is 6. The number of hydrogen-bond donors (Lipinski definition) is 0. The van der Waals surface area contributed by atoms with Crippen molar-refractivity contribution in [2.45, 2.75) is 51.6 Å². The highest BCUT2D eigenvalue weighted by atomic mass is 19.3. The van der Waals surface area contributed by atoms with Gasteiger partial charge in [-0.3, -0.25) is 9.59 Å². The van der Waals surface area contributed by atoms with Crippen molar-refractivity contribution < 1.29 is 23.1 Å². The number of alkyl halides is 2. The van der Waals surface area contributed by atoms with Gasteiger partial charge >= 0.3 is 0 Å². The molecule has 0 N–H and O–H groups in total. The van der Waals surface area contributed by atoms with Gasteiger partial charge in [0.05, 0.1) is 38.5 Å². The Morgan fingerprint density at radius 2 is 1.96 bits per heavy atom. The maximum Gasteiger partial charge on any atom is 0.276 e. The summed E-state index contributed by atoms with van der Waals surface area (Å²) in [7, 11) is 0. The van der Waals surface area contributed by atoms with Crippen molar-refractivity contribution in [1.82, 2.24) is 24.8 Å². The van der Waals surface area contributed by atoms with Gasteiger partial charge in [0.2, 0.25) is 5.91 Å². The van der Waals surface area contributed by atoms with E-state index in [0.717, 1.165) is 0 Å². The van der Waals surface area contributed by atoms with Crippen molar-refractivity contribution >= 4 is 11.8 Å². The number of carbonyl (C=O) groups excluding carboxylic acids is 2. The second-order valence-corrected chi connectivity index (χ2v) is 7.42. The average Bonchev–Trinajstić information content (AvgIpc) is 3.26. The van der Waals surface area contributed by atoms with Crippen LogP contribution in [0.5, 0.6) is 0 Å². The van der Waals surface area contributed by atoms with E-state index in [2.05, 4.69) is 10.3 Å². The van der Waals surface area contributed by atoms with E-state index in [-0.39, 0.29) is 30.0 Å². The van der Waals surface area contributed by atoms with E-state index in [0.29, 0.717) is 39.1 Å². The van der Waals surface area contributed by atoms with Crippen LogP contribution >= 0.6 is 0 Å². The Morgan fingerprint density at radius 3 is 2.61 bits per heavy atom. The molecular formula is C18H27F2N5O3. The zero-order valence-electron chi connectivity index (χ0n) is 16.3. The van der Waals surface area contributed by atoms with Gasteiger partial charge in [-0.05, 0) is 12.8 Å². The molecular weight excluding hydrogens is 372 g/mol. The molecule has 0 unspecified atom stereocenters. The zero-order chi connectivity index (χ0) is 20.3. The molecule has 0 radical (unpaired) electrons. The highest BCUT2D eigenvalue weighted by Crippen LogP contribution is 2.34. The fourth-order valence-corrected chi connectivity index (χ4v) is 3.82. The van der Waals surface area contributed by atoms with Crippen LogP contribution in [-0.4, -0.2) is 81.4 Å². The summed E-state index contributed by atoms with van der Waals surface area (Å²) in [4.78, 5) is 28.1. The fourth-order valence-electron chi connectivity index (χ4n) is 3.82. The molecule has 0 aliphatic carbocycles. The third kappa shape index (κ3) is 4.48. The first-order valence-corrected chi connectivity index (χ1v) is 9.80. The Morgan fingerprint density at radius 1 is 1.29 bits per heavy atom. The van der Waals surface area contributed by atoms with Crippen LogP contribution in [0.2, 0.25) is 0 Å². The maximum atomic E-state index is 14.0. The van der Waals surface area contributed by atoms with Gasteiger partial charge in [0.15, 0.2) is 5.69 Å². The molecule has 0 spiro atoms. The highest BCUT2D eigenvalue weighted by molar-refractivity contribution is 5.92. The van der Waals surface area contributed by atoms with Crippen molar-refractivity contribution in [3.63, 3.8) is 0 Å². The minimum absolute atomic E-state index is 0.0882. The summed E-state index contributed by atoms with van der Waals surface area (Å²) < 4.78 is 34.7. The maximum absolute atomic E-state index is 14.0. The summed E-state index contributed by atoms with van der Waals surface area (Å²) in [6.07, 6.45) is 2.29. The topological polar surface area (TPSA) is 80.6 Å². The number of amides is 2. The Kier molecular flexibility index (Phi) is 6.26. The van der Waals surface area contributed by atoms with E-state index in [1.165, 1.54) is 15.8 Å². The molecule has 8 nitrogen and oxygen atoms in total. The average molecular weight is 399 g/mol. The fraction of sp³-hybridized carbons (Fsp3) is 0.778. The van der Waals surface area contributed by atoms with E-state index in [1.54, 1.807) is 4.90 Å². The lowest BCUT2D eigenvalue weighted by Gasteiger charge is -2.27. The number of halogens is 2. The minimum Gasteiger partial charge on any atom is -0.378 e. The molecule has 3 heterocycles. The molecule has 1 aromatic rings. The van der Waals surface area contributed by atoms with Crippen molar-refractivity contribution in [3.8, 4) is 0 Å². The van der Waals surface area contributed by atoms with Crippen LogP contribution in [-0.2, 0) is 16.1 Å². The third-order valence-corrected chi connectivity index (χ3v) is 5.45. The second kappa shape index (κ2) is 8.50. The molecule has 2 aliphatic heterocycles. The molecule has 2 aliphatic rings. The van der Waals surface area contributed by atoms with Crippen molar-refractivity contribution in [1.29, 1.82) is 0 Å². The summed E-state index contributed by atoms with van der Waals surface area (Å²) >= 11 is 0. The van der Waals surface area contributed by atoms with Crippen molar-refractivity contribution in [3.05, 3.63) is 11.9 Å². The van der Waals surface area contributed by atoms with E-state index in [9.17, 15) is 18.4 Å². The monoisotopic (exact) mass is 399 g/mol. The van der Waals surface area contributed by atoms with Crippen LogP contribution in [0, 0.1) is 5.92 Å². The lowest BCUT2D eigenvalue weighted by atomic mass is 10.0. The largest absolute Gasteiger partial charge is 0.378 e. The Labute approximate surface area is 162 Å². The van der Waals surface area contributed by atoms with Crippen LogP contribution in [0.15, 0.2) is 6.20 Å². The first-order valence-electron chi connectivity index (χ1n) is 9.80. The van der Waals surface area contributed by atoms with Crippen LogP contribution in [0.25, 0.3) is 0 Å². The van der Waals surface area contributed by atoms with Crippen LogP contribution in [0.4, 0.5) is 8.78 Å². The Hall–Kier alpha value is -2.10. The molecule has 3 rings (SSSR count). The summed E-state index contributed by atoms with van der Waals surface area (Å²) in [6, 6.07) is -0.670. The van der Waals surface area contributed by atoms with E-state index >= 15 is 0 Å². The number of nitrogens with zero attached hydrogens (tertiary/aromatic N) is 5. The molecule has 10 heteroatoms. The van der Waals surface area contributed by atoms with Crippen molar-refractivity contribution in [2.75, 3.05) is 32.8 Å². The number of hydrogen-bond acceptors (Lipinski definition) is 5. The van der Waals surface area contributed by atoms with Gasteiger partial charge in [-0.1, -0.05) is 19.1 Å². The van der Waals surface area contributed by atoms with Crippen LogP contribution < -0.4 is 0 Å². The second-order valence-electron chi connectivity index (χ2n) is 7.42. The zero-order valence-corrected chi connectivity index (χ0v) is 16.3. The number of likely N-dealkylation sites (tertiary alicyclic amines) is 1. The van der Waals surface area contributed by atoms with Crippen LogP contribution in [0.1, 0.15) is 43.6 Å². The molecule has 2 saturated heterocycles. The molecule has 1 atom stereocenters. The molecule has 156 valence electrons. The predicted molar refractivity (Wildman–Crippen MR) is 95.9 cm³/mol. The summed E-state index contributed by atoms with van der Waals surface area (Å²) in [5, 5.41) is 7.82. The third-order valence-electron chi connectivity index (χ3n) is 5.45. The van der Waals surface area contributed by atoms with Crippen LogP contribution in [0.3, 0.4) is 0 Å². The number of carbonyl (C=O) groups is 2. The smallest absolute Gasteiger partial charge is 0.276 e. The summed E-state index contributed by atoms with van der Waals surface area (Å²) in [5.74, 6) is -3.67. The Balaban J connectivity index is 1.70. The van der Waals surface area contributed by atoms with Gasteiger partial charge in [0.25, 0.3) is 11.8 Å². The molecule has 0 aromatic carbocycles. The van der Waals surface area contributed by atoms with Gasteiger partial charge < -0.3 is 14.5 Å². The molecule has 28 heavy (non-hydrogen) atoms. The highest BCUT2D eigenvalue weighted by Gasteiger charge is 2.47. The number of ether oxygens (including phenoxy) is 1. The van der Waals surface area contributed by atoms with Gasteiger partial charge in [-0.25, -0.2) is 13.5 Å². The molecule has 2 amide bonds. The molecule has 0 bridgehead atoms. The lowest BCUT2D eigenvalue weighted by Crippen LogP contribution is -2.42. The minimum atomic E-state index is -2.92. The number of aromatic nitrogens is 3. The normalized spacial score (nSPS) is 22.1. The standard InChI is InChI=1S/C18H27F2N5O3/c1-3-13(4-2)16(26)25-12-18(19,20)9-14(25)10-24-11-15(21-22-24)17(27)23-5-7-28-8-6-23/h11,13-14H,3-10,12H2,1-2H3/t14-/m0/s1. The summed E-state index contributed by atoms with van der Waals surface area (Å²) in [6.45, 7) is 5.21. The molecule has 2 fully saturated rings. The van der Waals surface area contributed by atoms with Crippen molar-refractivity contribution in [2.24, 2.45) is 5.92 Å². The first-order chi connectivity index (χ1) is 13.3. The molecule has 1 aromatic heterocycles. The van der Waals surface area contributed by atoms with Gasteiger partial charge in [-0.2, -0.15) is 0 Å². The summed E-state index contributed by atoms with van der Waals surface area (Å²) in [5.41, 5.74) is 0.171. The quantitative estimate of drug-likeness (QED) is 0.723. The van der Waals surface area contributed by atoms with Gasteiger partial charge in [0.1, 0.15) is 0 Å². The van der Waals surface area contributed by atoms with Gasteiger partial charge in [-0.15, -0.1) is 5.10 Å². The lowest BCUT2D eigenvalue weighted by molar-refractivity contribution is -0.138. The van der Waals surface area contributed by atoms with E-state index < -0.39 is 24.9 Å². The van der Waals surface area contributed by atoms with Gasteiger partial charge in [0, 0.05) is 25.4 Å². The molecule has 0 saturated carbocycles. The van der Waals surface area contributed by atoms with E-state index in [4.69, 9.17) is 4.74 Å². The first kappa shape index (κ1) is 20.6.